The Hall–Kier alpha value is -1.40. The summed E-state index contributed by atoms with van der Waals surface area (Å²) in [5.74, 6) is -0.0668. The monoisotopic (exact) mass is 364 g/mol. The first kappa shape index (κ1) is 18.4. The molecule has 138 valence electrons. The van der Waals surface area contributed by atoms with Crippen molar-refractivity contribution in [1.82, 2.24) is 9.21 Å². The number of sulfonamides is 1. The van der Waals surface area contributed by atoms with Gasteiger partial charge in [0.2, 0.25) is 10.0 Å². The Morgan fingerprint density at radius 3 is 2.36 bits per heavy atom. The van der Waals surface area contributed by atoms with Crippen molar-refractivity contribution in [2.75, 3.05) is 20.1 Å². The third-order valence-electron chi connectivity index (χ3n) is 5.59. The molecule has 0 unspecified atom stereocenters. The molecule has 2 aliphatic rings. The van der Waals surface area contributed by atoms with Crippen molar-refractivity contribution in [2.24, 2.45) is 0 Å². The predicted molar refractivity (Wildman–Crippen MR) is 98.1 cm³/mol. The van der Waals surface area contributed by atoms with Gasteiger partial charge in [-0.1, -0.05) is 25.3 Å². The quantitative estimate of drug-likeness (QED) is 0.824. The molecule has 0 spiro atoms. The molecule has 6 heteroatoms. The Morgan fingerprint density at radius 2 is 1.72 bits per heavy atom. The van der Waals surface area contributed by atoms with E-state index in [9.17, 15) is 13.2 Å². The van der Waals surface area contributed by atoms with Gasteiger partial charge in [-0.3, -0.25) is 4.79 Å². The second-order valence-electron chi connectivity index (χ2n) is 7.30. The van der Waals surface area contributed by atoms with Crippen molar-refractivity contribution in [3.05, 3.63) is 29.3 Å². The Kier molecular flexibility index (Phi) is 5.49. The van der Waals surface area contributed by atoms with Crippen LogP contribution in [0.1, 0.15) is 60.9 Å². The van der Waals surface area contributed by atoms with Crippen LogP contribution >= 0.6 is 0 Å². The number of hydrogen-bond donors (Lipinski definition) is 0. The van der Waals surface area contributed by atoms with E-state index in [1.54, 1.807) is 18.2 Å². The molecule has 1 amide bonds. The molecule has 1 saturated heterocycles. The lowest BCUT2D eigenvalue weighted by atomic mass is 9.94. The summed E-state index contributed by atoms with van der Waals surface area (Å²) >= 11 is 0. The van der Waals surface area contributed by atoms with E-state index >= 15 is 0 Å². The molecule has 1 aromatic carbocycles. The number of rotatable bonds is 4. The molecule has 0 aromatic heterocycles. The minimum atomic E-state index is -3.50. The van der Waals surface area contributed by atoms with E-state index in [1.807, 2.05) is 18.9 Å². The van der Waals surface area contributed by atoms with Crippen LogP contribution in [0.15, 0.2) is 23.1 Å². The molecule has 0 radical (unpaired) electrons. The van der Waals surface area contributed by atoms with Crippen LogP contribution in [0.4, 0.5) is 0 Å². The molecule has 0 atom stereocenters. The summed E-state index contributed by atoms with van der Waals surface area (Å²) in [6.07, 6.45) is 7.43. The van der Waals surface area contributed by atoms with Gasteiger partial charge in [0.1, 0.15) is 0 Å². The summed E-state index contributed by atoms with van der Waals surface area (Å²) in [7, 11) is -1.65. The zero-order chi connectivity index (χ0) is 18.0. The van der Waals surface area contributed by atoms with Crippen molar-refractivity contribution in [3.8, 4) is 0 Å². The van der Waals surface area contributed by atoms with E-state index in [2.05, 4.69) is 0 Å². The Balaban J connectivity index is 1.87. The van der Waals surface area contributed by atoms with Gasteiger partial charge in [0.05, 0.1) is 4.90 Å². The first-order chi connectivity index (χ1) is 11.9. The van der Waals surface area contributed by atoms with Crippen LogP contribution in [0.5, 0.6) is 0 Å². The number of carbonyl (C=O) groups is 1. The van der Waals surface area contributed by atoms with Crippen LogP contribution < -0.4 is 0 Å². The minimum Gasteiger partial charge on any atom is -0.339 e. The lowest BCUT2D eigenvalue weighted by Crippen LogP contribution is -2.38. The van der Waals surface area contributed by atoms with E-state index in [4.69, 9.17) is 0 Å². The maximum Gasteiger partial charge on any atom is 0.254 e. The van der Waals surface area contributed by atoms with E-state index < -0.39 is 10.0 Å². The normalized spacial score (nSPS) is 19.9. The van der Waals surface area contributed by atoms with Gasteiger partial charge in [0.15, 0.2) is 0 Å². The van der Waals surface area contributed by atoms with Crippen molar-refractivity contribution < 1.29 is 13.2 Å². The highest BCUT2D eigenvalue weighted by Crippen LogP contribution is 2.26. The van der Waals surface area contributed by atoms with Gasteiger partial charge in [-0.05, 0) is 50.3 Å². The highest BCUT2D eigenvalue weighted by atomic mass is 32.2. The van der Waals surface area contributed by atoms with Gasteiger partial charge < -0.3 is 4.90 Å². The van der Waals surface area contributed by atoms with Crippen LogP contribution in [0, 0.1) is 6.92 Å². The SMILES string of the molecule is Cc1ccc(S(=O)(=O)N2CCCC2)cc1C(=O)N(C)C1CCCCC1. The third-order valence-corrected chi connectivity index (χ3v) is 7.48. The van der Waals surface area contributed by atoms with Crippen molar-refractivity contribution >= 4 is 15.9 Å². The number of amides is 1. The lowest BCUT2D eigenvalue weighted by molar-refractivity contribution is 0.0695. The zero-order valence-corrected chi connectivity index (χ0v) is 16.0. The Labute approximate surface area is 151 Å². The van der Waals surface area contributed by atoms with Crippen molar-refractivity contribution in [2.45, 2.75) is 62.8 Å². The van der Waals surface area contributed by atoms with Crippen LogP contribution in [0.2, 0.25) is 0 Å². The van der Waals surface area contributed by atoms with Crippen LogP contribution in [0.25, 0.3) is 0 Å². The standard InChI is InChI=1S/C19H28N2O3S/c1-15-10-11-17(25(23,24)21-12-6-7-13-21)14-18(15)19(22)20(2)16-8-4-3-5-9-16/h10-11,14,16H,3-9,12-13H2,1-2H3. The molecule has 0 N–H and O–H groups in total. The summed E-state index contributed by atoms with van der Waals surface area (Å²) in [6, 6.07) is 5.22. The minimum absolute atomic E-state index is 0.0668. The number of aryl methyl sites for hydroxylation is 1. The van der Waals surface area contributed by atoms with Gasteiger partial charge in [-0.2, -0.15) is 4.31 Å². The van der Waals surface area contributed by atoms with Crippen molar-refractivity contribution in [3.63, 3.8) is 0 Å². The number of hydrogen-bond acceptors (Lipinski definition) is 3. The third kappa shape index (κ3) is 3.75. The molecule has 1 aromatic rings. The van der Waals surface area contributed by atoms with E-state index in [-0.39, 0.29) is 16.8 Å². The van der Waals surface area contributed by atoms with Gasteiger partial charge in [-0.15, -0.1) is 0 Å². The maximum atomic E-state index is 13.0. The summed E-state index contributed by atoms with van der Waals surface area (Å²) in [5.41, 5.74) is 1.33. The number of carbonyl (C=O) groups excluding carboxylic acids is 1. The second kappa shape index (κ2) is 7.46. The molecule has 2 fully saturated rings. The zero-order valence-electron chi connectivity index (χ0n) is 15.2. The molecule has 1 aliphatic heterocycles. The number of benzene rings is 1. The molecular formula is C19H28N2O3S. The van der Waals surface area contributed by atoms with Gasteiger partial charge in [-0.25, -0.2) is 8.42 Å². The van der Waals surface area contributed by atoms with Gasteiger partial charge in [0, 0.05) is 31.7 Å². The van der Waals surface area contributed by atoms with Crippen LogP contribution in [-0.2, 0) is 10.0 Å². The first-order valence-electron chi connectivity index (χ1n) is 9.29. The fourth-order valence-corrected chi connectivity index (χ4v) is 5.44. The fourth-order valence-electron chi connectivity index (χ4n) is 3.89. The highest BCUT2D eigenvalue weighted by molar-refractivity contribution is 7.89. The predicted octanol–water partition coefficient (Wildman–Crippen LogP) is 3.18. The largest absolute Gasteiger partial charge is 0.339 e. The number of nitrogens with zero attached hydrogens (tertiary/aromatic N) is 2. The Bertz CT molecular complexity index is 733. The molecule has 5 nitrogen and oxygen atoms in total. The average Bonchev–Trinajstić information content (AvgIpc) is 3.17. The summed E-state index contributed by atoms with van der Waals surface area (Å²) in [6.45, 7) is 3.01. The summed E-state index contributed by atoms with van der Waals surface area (Å²) in [5, 5.41) is 0. The Morgan fingerprint density at radius 1 is 1.08 bits per heavy atom. The maximum absolute atomic E-state index is 13.0. The van der Waals surface area contributed by atoms with Crippen LogP contribution in [-0.4, -0.2) is 49.7 Å². The molecule has 1 saturated carbocycles. The van der Waals surface area contributed by atoms with E-state index in [0.717, 1.165) is 44.1 Å². The highest BCUT2D eigenvalue weighted by Gasteiger charge is 2.29. The van der Waals surface area contributed by atoms with Crippen LogP contribution in [0.3, 0.4) is 0 Å². The van der Waals surface area contributed by atoms with E-state index in [1.165, 1.54) is 10.7 Å². The summed E-state index contributed by atoms with van der Waals surface area (Å²) in [4.78, 5) is 15.0. The van der Waals surface area contributed by atoms with Gasteiger partial charge in [0.25, 0.3) is 5.91 Å². The molecule has 1 aliphatic carbocycles. The topological polar surface area (TPSA) is 57.7 Å². The molecule has 1 heterocycles. The second-order valence-corrected chi connectivity index (χ2v) is 9.23. The smallest absolute Gasteiger partial charge is 0.254 e. The fraction of sp³-hybridized carbons (Fsp3) is 0.632. The van der Waals surface area contributed by atoms with Gasteiger partial charge >= 0.3 is 0 Å². The average molecular weight is 365 g/mol. The lowest BCUT2D eigenvalue weighted by Gasteiger charge is -2.31. The molecular weight excluding hydrogens is 336 g/mol. The van der Waals surface area contributed by atoms with Crippen molar-refractivity contribution in [1.29, 1.82) is 0 Å². The molecule has 3 rings (SSSR count). The van der Waals surface area contributed by atoms with E-state index in [0.29, 0.717) is 18.7 Å². The first-order valence-corrected chi connectivity index (χ1v) is 10.7. The molecule has 25 heavy (non-hydrogen) atoms. The summed E-state index contributed by atoms with van der Waals surface area (Å²) < 4.78 is 27.1. The molecule has 0 bridgehead atoms.